The minimum atomic E-state index is -0.490. The average molecular weight is 222 g/mol. The van der Waals surface area contributed by atoms with Crippen LogP contribution in [0.15, 0.2) is 11.0 Å². The topological polar surface area (TPSA) is 108 Å². The fraction of sp³-hybridized carbons (Fsp3) is 0.333. The van der Waals surface area contributed by atoms with Crippen LogP contribution in [0.1, 0.15) is 12.5 Å². The Kier molecular flexibility index (Phi) is 4.03. The number of aromatic nitrogens is 2. The van der Waals surface area contributed by atoms with Gasteiger partial charge in [-0.15, -0.1) is 0 Å². The van der Waals surface area contributed by atoms with Gasteiger partial charge in [-0.3, -0.25) is 19.9 Å². The molecule has 0 saturated carbocycles. The van der Waals surface area contributed by atoms with Crippen molar-refractivity contribution >= 4 is 11.9 Å². The van der Waals surface area contributed by atoms with Crippen LogP contribution in [0.25, 0.3) is 0 Å². The predicted octanol–water partition coefficient (Wildman–Crippen LogP) is -0.232. The molecule has 0 bridgehead atoms. The van der Waals surface area contributed by atoms with Gasteiger partial charge in [-0.25, -0.2) is 4.98 Å². The van der Waals surface area contributed by atoms with Gasteiger partial charge in [0.15, 0.2) is 6.19 Å². The molecule has 16 heavy (non-hydrogen) atoms. The van der Waals surface area contributed by atoms with E-state index in [1.807, 2.05) is 0 Å². The molecule has 7 heteroatoms. The van der Waals surface area contributed by atoms with Crippen molar-refractivity contribution < 1.29 is 9.53 Å². The fourth-order valence-electron chi connectivity index (χ4n) is 1.03. The first-order chi connectivity index (χ1) is 7.67. The van der Waals surface area contributed by atoms with E-state index in [2.05, 4.69) is 15.3 Å². The van der Waals surface area contributed by atoms with Gasteiger partial charge < -0.3 is 4.74 Å². The molecule has 0 unspecified atom stereocenters. The number of carbonyl (C=O) groups excluding carboxylic acids is 1. The van der Waals surface area contributed by atoms with Crippen LogP contribution in [0.4, 0.5) is 5.95 Å². The largest absolute Gasteiger partial charge is 0.466 e. The van der Waals surface area contributed by atoms with Crippen molar-refractivity contribution in [1.82, 2.24) is 9.97 Å². The van der Waals surface area contributed by atoms with Gasteiger partial charge in [0.2, 0.25) is 5.95 Å². The summed E-state index contributed by atoms with van der Waals surface area (Å²) in [6.45, 7) is 1.94. The summed E-state index contributed by atoms with van der Waals surface area (Å²) in [7, 11) is 0. The van der Waals surface area contributed by atoms with Gasteiger partial charge >= 0.3 is 5.97 Å². The second kappa shape index (κ2) is 5.50. The highest BCUT2D eigenvalue weighted by Crippen LogP contribution is 1.96. The minimum Gasteiger partial charge on any atom is -0.466 e. The number of anilines is 1. The Bertz CT molecular complexity index is 474. The van der Waals surface area contributed by atoms with Gasteiger partial charge in [0.25, 0.3) is 5.56 Å². The van der Waals surface area contributed by atoms with Crippen molar-refractivity contribution in [1.29, 1.82) is 5.26 Å². The number of esters is 1. The lowest BCUT2D eigenvalue weighted by Gasteiger charge is -2.01. The second-order valence-electron chi connectivity index (χ2n) is 2.80. The number of hydrogen-bond donors (Lipinski definition) is 2. The first-order valence-corrected chi connectivity index (χ1v) is 4.56. The molecule has 1 rings (SSSR count). The molecule has 84 valence electrons. The third-order valence-corrected chi connectivity index (χ3v) is 1.69. The lowest BCUT2D eigenvalue weighted by Crippen LogP contribution is -2.19. The summed E-state index contributed by atoms with van der Waals surface area (Å²) in [5, 5.41) is 10.5. The smallest absolute Gasteiger partial charge is 0.310 e. The lowest BCUT2D eigenvalue weighted by atomic mass is 10.2. The normalized spacial score (nSPS) is 9.25. The first-order valence-electron chi connectivity index (χ1n) is 4.56. The van der Waals surface area contributed by atoms with E-state index >= 15 is 0 Å². The zero-order chi connectivity index (χ0) is 12.0. The summed E-state index contributed by atoms with van der Waals surface area (Å²) in [6.07, 6.45) is 2.71. The summed E-state index contributed by atoms with van der Waals surface area (Å²) in [6, 6.07) is 0. The maximum absolute atomic E-state index is 11.4. The van der Waals surface area contributed by atoms with Crippen LogP contribution in [-0.4, -0.2) is 22.5 Å². The molecule has 7 nitrogen and oxygen atoms in total. The van der Waals surface area contributed by atoms with Gasteiger partial charge in [0.1, 0.15) is 0 Å². The highest BCUT2D eigenvalue weighted by molar-refractivity contribution is 5.72. The van der Waals surface area contributed by atoms with E-state index in [1.54, 1.807) is 13.1 Å². The second-order valence-corrected chi connectivity index (χ2v) is 2.80. The molecule has 0 aliphatic carbocycles. The lowest BCUT2D eigenvalue weighted by molar-refractivity contribution is -0.142. The molecule has 0 fully saturated rings. The molecule has 1 heterocycles. The third-order valence-electron chi connectivity index (χ3n) is 1.69. The highest BCUT2D eigenvalue weighted by Gasteiger charge is 2.08. The van der Waals surface area contributed by atoms with Crippen molar-refractivity contribution in [3.8, 4) is 6.19 Å². The Morgan fingerprint density at radius 3 is 3.06 bits per heavy atom. The molecule has 0 atom stereocenters. The fourth-order valence-corrected chi connectivity index (χ4v) is 1.03. The van der Waals surface area contributed by atoms with Gasteiger partial charge in [-0.2, -0.15) is 5.26 Å². The molecule has 0 aromatic carbocycles. The Balaban J connectivity index is 2.80. The van der Waals surface area contributed by atoms with Gasteiger partial charge in [0.05, 0.1) is 13.0 Å². The highest BCUT2D eigenvalue weighted by atomic mass is 16.5. The van der Waals surface area contributed by atoms with E-state index in [0.717, 1.165) is 0 Å². The maximum atomic E-state index is 11.4. The quantitative estimate of drug-likeness (QED) is 0.414. The molecule has 0 aliphatic heterocycles. The number of aromatic amines is 1. The number of carbonyl (C=O) groups is 1. The number of nitrogens with zero attached hydrogens (tertiary/aromatic N) is 2. The Labute approximate surface area is 91.1 Å². The van der Waals surface area contributed by atoms with E-state index in [4.69, 9.17) is 10.00 Å². The zero-order valence-corrected chi connectivity index (χ0v) is 8.61. The van der Waals surface area contributed by atoms with Crippen LogP contribution in [-0.2, 0) is 16.0 Å². The van der Waals surface area contributed by atoms with Crippen molar-refractivity contribution in [3.05, 3.63) is 22.1 Å². The van der Waals surface area contributed by atoms with Crippen molar-refractivity contribution in [2.45, 2.75) is 13.3 Å². The maximum Gasteiger partial charge on any atom is 0.310 e. The summed E-state index contributed by atoms with van der Waals surface area (Å²) < 4.78 is 4.69. The van der Waals surface area contributed by atoms with Crippen molar-refractivity contribution in [3.63, 3.8) is 0 Å². The van der Waals surface area contributed by atoms with E-state index < -0.39 is 11.5 Å². The molecule has 0 radical (unpaired) electrons. The first kappa shape index (κ1) is 11.7. The average Bonchev–Trinajstić information content (AvgIpc) is 2.23. The Hall–Kier alpha value is -2.36. The van der Waals surface area contributed by atoms with E-state index in [-0.39, 0.29) is 24.5 Å². The molecule has 0 spiro atoms. The van der Waals surface area contributed by atoms with E-state index in [9.17, 15) is 9.59 Å². The number of H-pyrrole nitrogens is 1. The number of nitriles is 1. The molecule has 0 saturated heterocycles. The van der Waals surface area contributed by atoms with Gasteiger partial charge in [-0.1, -0.05) is 0 Å². The van der Waals surface area contributed by atoms with Gasteiger partial charge in [-0.05, 0) is 6.92 Å². The third kappa shape index (κ3) is 3.09. The summed E-state index contributed by atoms with van der Waals surface area (Å²) in [5.74, 6) is -0.448. The van der Waals surface area contributed by atoms with E-state index in [0.29, 0.717) is 0 Å². The van der Waals surface area contributed by atoms with Crippen LogP contribution in [0.5, 0.6) is 0 Å². The Morgan fingerprint density at radius 2 is 2.50 bits per heavy atom. The standard InChI is InChI=1S/C9H10N4O3/c1-2-16-7(14)3-6-4-11-9(12-5-10)13-8(6)15/h4H,2-3H2,1H3,(H2,11,12,13,15). The van der Waals surface area contributed by atoms with Crippen LogP contribution < -0.4 is 10.9 Å². The molecular weight excluding hydrogens is 212 g/mol. The number of ether oxygens (including phenoxy) is 1. The molecule has 0 aliphatic rings. The van der Waals surface area contributed by atoms with Crippen molar-refractivity contribution in [2.24, 2.45) is 0 Å². The Morgan fingerprint density at radius 1 is 1.75 bits per heavy atom. The van der Waals surface area contributed by atoms with Crippen LogP contribution in [0.2, 0.25) is 0 Å². The van der Waals surface area contributed by atoms with Gasteiger partial charge in [0, 0.05) is 11.8 Å². The molecule has 1 aromatic heterocycles. The predicted molar refractivity (Wildman–Crippen MR) is 54.4 cm³/mol. The van der Waals surface area contributed by atoms with Crippen LogP contribution in [0, 0.1) is 11.5 Å². The van der Waals surface area contributed by atoms with Crippen molar-refractivity contribution in [2.75, 3.05) is 11.9 Å². The monoisotopic (exact) mass is 222 g/mol. The minimum absolute atomic E-state index is 0.0418. The summed E-state index contributed by atoms with van der Waals surface area (Å²) >= 11 is 0. The number of hydrogen-bond acceptors (Lipinski definition) is 6. The summed E-state index contributed by atoms with van der Waals surface area (Å²) in [4.78, 5) is 28.6. The molecule has 2 N–H and O–H groups in total. The summed E-state index contributed by atoms with van der Waals surface area (Å²) in [5.41, 5.74) is -0.275. The number of nitrogens with one attached hydrogen (secondary N) is 2. The molecular formula is C9H10N4O3. The van der Waals surface area contributed by atoms with Crippen LogP contribution in [0.3, 0.4) is 0 Å². The van der Waals surface area contributed by atoms with Crippen LogP contribution >= 0.6 is 0 Å². The zero-order valence-electron chi connectivity index (χ0n) is 8.61. The molecule has 0 amide bonds. The van der Waals surface area contributed by atoms with E-state index in [1.165, 1.54) is 6.20 Å². The SMILES string of the molecule is CCOC(=O)Cc1cnc(NC#N)[nH]c1=O. The number of rotatable bonds is 4. The molecule has 1 aromatic rings.